The molecule has 0 aromatic heterocycles. The van der Waals surface area contributed by atoms with E-state index < -0.39 is 0 Å². The highest BCUT2D eigenvalue weighted by Gasteiger charge is 2.32. The first-order valence-electron chi connectivity index (χ1n) is 9.57. The van der Waals surface area contributed by atoms with Crippen molar-refractivity contribution in [3.63, 3.8) is 0 Å². The van der Waals surface area contributed by atoms with Gasteiger partial charge in [0, 0.05) is 43.8 Å². The van der Waals surface area contributed by atoms with Crippen LogP contribution in [0.4, 0.5) is 5.69 Å². The Morgan fingerprint density at radius 1 is 1.15 bits per heavy atom. The highest BCUT2D eigenvalue weighted by Crippen LogP contribution is 2.26. The Morgan fingerprint density at radius 2 is 1.88 bits per heavy atom. The summed E-state index contributed by atoms with van der Waals surface area (Å²) in [6.45, 7) is 7.30. The first kappa shape index (κ1) is 18.9. The summed E-state index contributed by atoms with van der Waals surface area (Å²) in [6.07, 6.45) is 2.69. The summed E-state index contributed by atoms with van der Waals surface area (Å²) < 4.78 is 0. The molecule has 1 aromatic rings. The normalized spacial score (nSPS) is 23.9. The van der Waals surface area contributed by atoms with Crippen LogP contribution in [0.2, 0.25) is 0 Å². The first-order chi connectivity index (χ1) is 12.4. The summed E-state index contributed by atoms with van der Waals surface area (Å²) in [5.74, 6) is 0.349. The predicted molar refractivity (Wildman–Crippen MR) is 103 cm³/mol. The topological polar surface area (TPSA) is 78.7 Å². The van der Waals surface area contributed by atoms with Crippen LogP contribution in [-0.2, 0) is 9.59 Å². The van der Waals surface area contributed by atoms with Crippen LogP contribution in [0.5, 0.6) is 0 Å². The van der Waals surface area contributed by atoms with Crippen LogP contribution in [0, 0.1) is 19.8 Å². The van der Waals surface area contributed by atoms with E-state index in [0.717, 1.165) is 43.6 Å². The number of aryl methyl sites for hydroxylation is 1. The number of piperazine rings is 1. The summed E-state index contributed by atoms with van der Waals surface area (Å²) in [7, 11) is 0. The molecule has 1 saturated carbocycles. The second-order valence-electron chi connectivity index (χ2n) is 7.67. The highest BCUT2D eigenvalue weighted by molar-refractivity contribution is 5.93. The van der Waals surface area contributed by atoms with Crippen LogP contribution in [-0.4, -0.2) is 60.4 Å². The average Bonchev–Trinajstić information content (AvgIpc) is 3.05. The Balaban J connectivity index is 1.45. The van der Waals surface area contributed by atoms with Crippen molar-refractivity contribution in [1.82, 2.24) is 9.80 Å². The van der Waals surface area contributed by atoms with Gasteiger partial charge in [-0.3, -0.25) is 14.5 Å². The molecule has 1 heterocycles. The lowest BCUT2D eigenvalue weighted by Crippen LogP contribution is -2.51. The number of nitrogens with zero attached hydrogens (tertiary/aromatic N) is 2. The maximum atomic E-state index is 12.6. The molecule has 3 N–H and O–H groups in total. The van der Waals surface area contributed by atoms with Gasteiger partial charge in [0.1, 0.15) is 0 Å². The van der Waals surface area contributed by atoms with Gasteiger partial charge >= 0.3 is 0 Å². The standard InChI is InChI=1S/C20H30N4O2/c1-14-4-3-5-18(15(14)2)22-19(25)13-23-8-10-24(11-9-23)20(26)16-6-7-17(21)12-16/h3-5,16-17H,6-13,21H2,1-2H3,(H,22,25). The molecule has 0 spiro atoms. The zero-order valence-electron chi connectivity index (χ0n) is 15.8. The van der Waals surface area contributed by atoms with Crippen LogP contribution >= 0.6 is 0 Å². The van der Waals surface area contributed by atoms with Crippen LogP contribution in [0.15, 0.2) is 18.2 Å². The van der Waals surface area contributed by atoms with Gasteiger partial charge in [-0.1, -0.05) is 12.1 Å². The third-order valence-electron chi connectivity index (χ3n) is 5.75. The monoisotopic (exact) mass is 358 g/mol. The van der Waals surface area contributed by atoms with E-state index in [1.54, 1.807) is 0 Å². The first-order valence-corrected chi connectivity index (χ1v) is 9.57. The maximum Gasteiger partial charge on any atom is 0.238 e. The van der Waals surface area contributed by atoms with Crippen molar-refractivity contribution < 1.29 is 9.59 Å². The average molecular weight is 358 g/mol. The molecule has 2 aliphatic rings. The molecule has 2 unspecified atom stereocenters. The molecule has 0 radical (unpaired) electrons. The number of hydrogen-bond acceptors (Lipinski definition) is 4. The van der Waals surface area contributed by atoms with E-state index in [4.69, 9.17) is 5.73 Å². The number of carbonyl (C=O) groups is 2. The molecule has 2 amide bonds. The van der Waals surface area contributed by atoms with Crippen LogP contribution in [0.3, 0.4) is 0 Å². The number of nitrogens with one attached hydrogen (secondary N) is 1. The summed E-state index contributed by atoms with van der Waals surface area (Å²) in [4.78, 5) is 29.0. The fraction of sp³-hybridized carbons (Fsp3) is 0.600. The zero-order valence-corrected chi connectivity index (χ0v) is 15.8. The van der Waals surface area contributed by atoms with Crippen molar-refractivity contribution in [1.29, 1.82) is 0 Å². The molecule has 2 fully saturated rings. The molecule has 1 aliphatic carbocycles. The van der Waals surface area contributed by atoms with E-state index in [9.17, 15) is 9.59 Å². The molecule has 0 bridgehead atoms. The van der Waals surface area contributed by atoms with Crippen molar-refractivity contribution in [3.05, 3.63) is 29.3 Å². The number of rotatable bonds is 4. The smallest absolute Gasteiger partial charge is 0.238 e. The third-order valence-corrected chi connectivity index (χ3v) is 5.75. The summed E-state index contributed by atoms with van der Waals surface area (Å²) >= 11 is 0. The molecule has 6 nitrogen and oxygen atoms in total. The fourth-order valence-corrected chi connectivity index (χ4v) is 3.90. The minimum absolute atomic E-state index is 0.000225. The second-order valence-corrected chi connectivity index (χ2v) is 7.67. The predicted octanol–water partition coefficient (Wildman–Crippen LogP) is 1.51. The van der Waals surface area contributed by atoms with Crippen LogP contribution in [0.25, 0.3) is 0 Å². The Kier molecular flexibility index (Phi) is 5.94. The van der Waals surface area contributed by atoms with Gasteiger partial charge in [0.15, 0.2) is 0 Å². The van der Waals surface area contributed by atoms with E-state index in [0.29, 0.717) is 19.6 Å². The molecule has 2 atom stereocenters. The van der Waals surface area contributed by atoms with Crippen molar-refractivity contribution in [2.24, 2.45) is 11.7 Å². The quantitative estimate of drug-likeness (QED) is 0.855. The van der Waals surface area contributed by atoms with Gasteiger partial charge in [0.25, 0.3) is 0 Å². The van der Waals surface area contributed by atoms with Gasteiger partial charge in [-0.05, 0) is 50.3 Å². The minimum atomic E-state index is 0.000225. The molecule has 1 aromatic carbocycles. The SMILES string of the molecule is Cc1cccc(NC(=O)CN2CCN(C(=O)C3CCC(N)C3)CC2)c1C. The lowest BCUT2D eigenvalue weighted by Gasteiger charge is -2.35. The van der Waals surface area contributed by atoms with E-state index in [2.05, 4.69) is 10.2 Å². The van der Waals surface area contributed by atoms with Gasteiger partial charge in [0.2, 0.25) is 11.8 Å². The van der Waals surface area contributed by atoms with Crippen LogP contribution < -0.4 is 11.1 Å². The Hall–Kier alpha value is -1.92. The van der Waals surface area contributed by atoms with Crippen molar-refractivity contribution >= 4 is 17.5 Å². The maximum absolute atomic E-state index is 12.6. The number of anilines is 1. The molecule has 26 heavy (non-hydrogen) atoms. The lowest BCUT2D eigenvalue weighted by atomic mass is 10.1. The summed E-state index contributed by atoms with van der Waals surface area (Å²) in [5.41, 5.74) is 9.08. The number of hydrogen-bond donors (Lipinski definition) is 2. The van der Waals surface area contributed by atoms with E-state index in [1.165, 1.54) is 5.56 Å². The third kappa shape index (κ3) is 4.43. The van der Waals surface area contributed by atoms with Crippen molar-refractivity contribution in [2.45, 2.75) is 39.2 Å². The second kappa shape index (κ2) is 8.18. The van der Waals surface area contributed by atoms with Gasteiger partial charge in [-0.25, -0.2) is 0 Å². The number of nitrogens with two attached hydrogens (primary N) is 1. The largest absolute Gasteiger partial charge is 0.340 e. The molecule has 1 aliphatic heterocycles. The lowest BCUT2D eigenvalue weighted by molar-refractivity contribution is -0.137. The van der Waals surface area contributed by atoms with Crippen LogP contribution in [0.1, 0.15) is 30.4 Å². The van der Waals surface area contributed by atoms with Gasteiger partial charge < -0.3 is 16.0 Å². The van der Waals surface area contributed by atoms with E-state index in [1.807, 2.05) is 36.9 Å². The Labute approximate surface area is 155 Å². The van der Waals surface area contributed by atoms with E-state index >= 15 is 0 Å². The van der Waals surface area contributed by atoms with Crippen molar-refractivity contribution in [3.8, 4) is 0 Å². The molecule has 142 valence electrons. The number of amides is 2. The fourth-order valence-electron chi connectivity index (χ4n) is 3.90. The summed E-state index contributed by atoms with van der Waals surface area (Å²) in [5, 5.41) is 3.01. The van der Waals surface area contributed by atoms with Gasteiger partial charge in [-0.2, -0.15) is 0 Å². The Bertz CT molecular complexity index is 668. The molecule has 6 heteroatoms. The number of carbonyl (C=O) groups excluding carboxylic acids is 2. The van der Waals surface area contributed by atoms with Gasteiger partial charge in [-0.15, -0.1) is 0 Å². The minimum Gasteiger partial charge on any atom is -0.340 e. The molecular formula is C20H30N4O2. The Morgan fingerprint density at radius 3 is 2.54 bits per heavy atom. The van der Waals surface area contributed by atoms with Crippen molar-refractivity contribution in [2.75, 3.05) is 38.0 Å². The van der Waals surface area contributed by atoms with E-state index in [-0.39, 0.29) is 23.8 Å². The highest BCUT2D eigenvalue weighted by atomic mass is 16.2. The summed E-state index contributed by atoms with van der Waals surface area (Å²) in [6, 6.07) is 6.11. The zero-order chi connectivity index (χ0) is 18.7. The number of benzene rings is 1. The molecule has 1 saturated heterocycles. The van der Waals surface area contributed by atoms with Gasteiger partial charge in [0.05, 0.1) is 6.54 Å². The molecule has 3 rings (SSSR count). The molecular weight excluding hydrogens is 328 g/mol.